The van der Waals surface area contributed by atoms with Gasteiger partial charge >= 0.3 is 6.18 Å². The van der Waals surface area contributed by atoms with Crippen molar-refractivity contribution >= 4 is 29.6 Å². The first-order valence-electron chi connectivity index (χ1n) is 20.1. The minimum atomic E-state index is -4.64. The SMILES string of the molecule is Cc1cn(-c2cc(NC(=O)c3ccc(C)c(Nc4nccc(-c5cncc(OCCOCCOCCOCCOCCOCCOCCNC=O)c5)n4)c3)cc(C(F)(F)F)c2)cn1. The summed E-state index contributed by atoms with van der Waals surface area (Å²) in [6.45, 7) is 9.46. The Kier molecular flexibility index (Phi) is 19.7. The number of nitrogens with zero attached hydrogens (tertiary/aromatic N) is 5. The highest BCUT2D eigenvalue weighted by Crippen LogP contribution is 2.33. The molecule has 0 saturated heterocycles. The molecule has 5 aromatic rings. The summed E-state index contributed by atoms with van der Waals surface area (Å²) in [7, 11) is 0. The molecule has 338 valence electrons. The molecule has 0 atom stereocenters. The first-order chi connectivity index (χ1) is 30.6. The summed E-state index contributed by atoms with van der Waals surface area (Å²) < 4.78 is 81.4. The molecule has 0 radical (unpaired) electrons. The molecule has 17 nitrogen and oxygen atoms in total. The first kappa shape index (κ1) is 48.0. The van der Waals surface area contributed by atoms with Gasteiger partial charge in [-0.05, 0) is 61.9 Å². The van der Waals surface area contributed by atoms with Crippen LogP contribution in [-0.4, -0.2) is 129 Å². The van der Waals surface area contributed by atoms with Gasteiger partial charge in [0.25, 0.3) is 5.91 Å². The van der Waals surface area contributed by atoms with Crippen LogP contribution in [-0.2, 0) is 39.4 Å². The zero-order chi connectivity index (χ0) is 44.7. The fourth-order valence-electron chi connectivity index (χ4n) is 5.61. The second-order valence-corrected chi connectivity index (χ2v) is 13.6. The maximum absolute atomic E-state index is 13.8. The average molecular weight is 881 g/mol. The van der Waals surface area contributed by atoms with Gasteiger partial charge in [0.1, 0.15) is 12.4 Å². The predicted octanol–water partition coefficient (Wildman–Crippen LogP) is 5.58. The number of aryl methyl sites for hydroxylation is 2. The number of anilines is 3. The minimum Gasteiger partial charge on any atom is -0.490 e. The van der Waals surface area contributed by atoms with E-state index in [4.69, 9.17) is 33.2 Å². The van der Waals surface area contributed by atoms with Crippen LogP contribution in [0.25, 0.3) is 16.9 Å². The van der Waals surface area contributed by atoms with Crippen molar-refractivity contribution in [2.45, 2.75) is 20.0 Å². The number of hydrogen-bond acceptors (Lipinski definition) is 14. The third kappa shape index (κ3) is 17.0. The van der Waals surface area contributed by atoms with Crippen LogP contribution in [0.3, 0.4) is 0 Å². The van der Waals surface area contributed by atoms with Gasteiger partial charge in [0, 0.05) is 53.3 Å². The number of imidazole rings is 1. The molecule has 2 amide bonds. The summed E-state index contributed by atoms with van der Waals surface area (Å²) in [5.41, 5.74) is 2.60. The molecule has 3 heterocycles. The van der Waals surface area contributed by atoms with Gasteiger partial charge in [-0.15, -0.1) is 0 Å². The highest BCUT2D eigenvalue weighted by Gasteiger charge is 2.31. The van der Waals surface area contributed by atoms with E-state index in [0.29, 0.717) is 121 Å². The molecule has 63 heavy (non-hydrogen) atoms. The van der Waals surface area contributed by atoms with Gasteiger partial charge in [0.2, 0.25) is 12.4 Å². The second kappa shape index (κ2) is 25.8. The van der Waals surface area contributed by atoms with Gasteiger partial charge in [-0.3, -0.25) is 14.6 Å². The van der Waals surface area contributed by atoms with E-state index < -0.39 is 17.6 Å². The number of benzene rings is 2. The number of alkyl halides is 3. The Hall–Kier alpha value is -6.03. The van der Waals surface area contributed by atoms with Crippen LogP contribution >= 0.6 is 0 Å². The molecule has 0 aliphatic carbocycles. The maximum atomic E-state index is 13.8. The number of aromatic nitrogens is 5. The van der Waals surface area contributed by atoms with Crippen molar-refractivity contribution in [3.63, 3.8) is 0 Å². The zero-order valence-electron chi connectivity index (χ0n) is 35.0. The predicted molar refractivity (Wildman–Crippen MR) is 225 cm³/mol. The third-order valence-corrected chi connectivity index (χ3v) is 8.75. The van der Waals surface area contributed by atoms with E-state index in [2.05, 4.69) is 35.9 Å². The molecule has 0 aliphatic heterocycles. The highest BCUT2D eigenvalue weighted by molar-refractivity contribution is 6.05. The number of nitrogens with one attached hydrogen (secondary N) is 3. The van der Waals surface area contributed by atoms with Crippen LogP contribution in [0, 0.1) is 13.8 Å². The molecule has 5 rings (SSSR count). The number of pyridine rings is 1. The Balaban J connectivity index is 0.994. The van der Waals surface area contributed by atoms with Gasteiger partial charge < -0.3 is 53.7 Å². The van der Waals surface area contributed by atoms with Crippen molar-refractivity contribution in [2.24, 2.45) is 0 Å². The summed E-state index contributed by atoms with van der Waals surface area (Å²) in [6, 6.07) is 11.7. The number of hydrogen-bond donors (Lipinski definition) is 3. The van der Waals surface area contributed by atoms with E-state index in [1.807, 2.05) is 6.92 Å². The Morgan fingerprint density at radius 1 is 0.762 bits per heavy atom. The van der Waals surface area contributed by atoms with E-state index >= 15 is 0 Å². The summed E-state index contributed by atoms with van der Waals surface area (Å²) in [6.07, 6.45) is 3.80. The molecule has 0 unspecified atom stereocenters. The fourth-order valence-corrected chi connectivity index (χ4v) is 5.61. The molecule has 0 spiro atoms. The molecule has 3 N–H and O–H groups in total. The highest BCUT2D eigenvalue weighted by atomic mass is 19.4. The molecule has 3 aromatic heterocycles. The van der Waals surface area contributed by atoms with Gasteiger partial charge in [0.05, 0.1) is 109 Å². The van der Waals surface area contributed by atoms with Gasteiger partial charge in [-0.1, -0.05) is 6.07 Å². The summed E-state index contributed by atoms with van der Waals surface area (Å²) in [5.74, 6) is 0.150. The van der Waals surface area contributed by atoms with Gasteiger partial charge in [0.15, 0.2) is 0 Å². The van der Waals surface area contributed by atoms with E-state index in [9.17, 15) is 22.8 Å². The number of carbonyl (C=O) groups excluding carboxylic acids is 2. The lowest BCUT2D eigenvalue weighted by atomic mass is 10.1. The van der Waals surface area contributed by atoms with Crippen LogP contribution in [0.5, 0.6) is 5.75 Å². The second-order valence-electron chi connectivity index (χ2n) is 13.6. The lowest BCUT2D eigenvalue weighted by Gasteiger charge is -2.14. The molecule has 0 fully saturated rings. The van der Waals surface area contributed by atoms with Crippen molar-refractivity contribution in [1.29, 1.82) is 0 Å². The summed E-state index contributed by atoms with van der Waals surface area (Å²) >= 11 is 0. The van der Waals surface area contributed by atoms with Crippen molar-refractivity contribution in [3.05, 3.63) is 102 Å². The summed E-state index contributed by atoms with van der Waals surface area (Å²) in [5, 5.41) is 8.26. The van der Waals surface area contributed by atoms with Crippen molar-refractivity contribution in [3.8, 4) is 22.7 Å². The smallest absolute Gasteiger partial charge is 0.416 e. The third-order valence-electron chi connectivity index (χ3n) is 8.75. The van der Waals surface area contributed by atoms with Crippen molar-refractivity contribution < 1.29 is 55.9 Å². The maximum Gasteiger partial charge on any atom is 0.416 e. The minimum absolute atomic E-state index is 0.0297. The van der Waals surface area contributed by atoms with Crippen LogP contribution in [0.2, 0.25) is 0 Å². The van der Waals surface area contributed by atoms with Crippen molar-refractivity contribution in [1.82, 2.24) is 29.8 Å². The van der Waals surface area contributed by atoms with Gasteiger partial charge in [-0.2, -0.15) is 13.2 Å². The van der Waals surface area contributed by atoms with Gasteiger partial charge in [-0.25, -0.2) is 15.0 Å². The molecular formula is C43H51F3N8O9. The van der Waals surface area contributed by atoms with E-state index in [0.717, 1.165) is 17.7 Å². The lowest BCUT2D eigenvalue weighted by Crippen LogP contribution is -2.19. The Morgan fingerprint density at radius 2 is 1.41 bits per heavy atom. The number of amides is 2. The quantitative estimate of drug-likeness (QED) is 0.0399. The standard InChI is InChI=1S/C43H51F3N8O9/c1-31-3-4-33(41(56)51-36-23-35(43(44,45)46)24-37(25-36)54-28-32(2)50-29-54)22-40(31)53-42-49-6-5-39(52-42)34-21-38(27-48-26-34)63-20-19-62-18-17-61-16-15-60-14-13-59-12-11-58-10-9-57-8-7-47-30-55/h3-6,21-30H,7-20H2,1-2H3,(H,47,55)(H,51,56)(H,49,52,53). The summed E-state index contributed by atoms with van der Waals surface area (Å²) in [4.78, 5) is 40.8. The van der Waals surface area contributed by atoms with Crippen molar-refractivity contribution in [2.75, 3.05) is 103 Å². The van der Waals surface area contributed by atoms with E-state index in [1.165, 1.54) is 17.0 Å². The topological polar surface area (TPSA) is 191 Å². The number of carbonyl (C=O) groups is 2. The molecule has 0 saturated carbocycles. The lowest BCUT2D eigenvalue weighted by molar-refractivity contribution is -0.137. The Morgan fingerprint density at radius 3 is 2.03 bits per heavy atom. The Labute approximate surface area is 362 Å². The molecule has 2 aromatic carbocycles. The fraction of sp³-hybridized carbons (Fsp3) is 0.395. The first-order valence-corrected chi connectivity index (χ1v) is 20.1. The van der Waals surface area contributed by atoms with E-state index in [-0.39, 0.29) is 29.5 Å². The normalized spacial score (nSPS) is 11.4. The average Bonchev–Trinajstić information content (AvgIpc) is 3.72. The molecule has 0 bridgehead atoms. The van der Waals surface area contributed by atoms with Crippen LogP contribution < -0.4 is 20.7 Å². The number of halogens is 3. The molecular weight excluding hydrogens is 830 g/mol. The Bertz CT molecular complexity index is 2180. The largest absolute Gasteiger partial charge is 0.490 e. The molecule has 20 heteroatoms. The monoisotopic (exact) mass is 880 g/mol. The molecule has 0 aliphatic rings. The number of ether oxygens (including phenoxy) is 7. The van der Waals surface area contributed by atoms with Crippen LogP contribution in [0.4, 0.5) is 30.5 Å². The zero-order valence-corrected chi connectivity index (χ0v) is 35.0. The van der Waals surface area contributed by atoms with Crippen LogP contribution in [0.15, 0.2) is 79.6 Å². The van der Waals surface area contributed by atoms with Crippen LogP contribution in [0.1, 0.15) is 27.2 Å². The van der Waals surface area contributed by atoms with E-state index in [1.54, 1.807) is 62.0 Å². The number of rotatable bonds is 29.